The Kier molecular flexibility index (Phi) is 3.57. The fourth-order valence-electron chi connectivity index (χ4n) is 2.46. The van der Waals surface area contributed by atoms with E-state index in [1.165, 1.54) is 6.20 Å². The third kappa shape index (κ3) is 2.59. The van der Waals surface area contributed by atoms with Gasteiger partial charge < -0.3 is 20.8 Å². The molecule has 0 aromatic carbocycles. The van der Waals surface area contributed by atoms with Gasteiger partial charge in [0.2, 0.25) is 5.43 Å². The van der Waals surface area contributed by atoms with Crippen LogP contribution in [0.2, 0.25) is 0 Å². The fraction of sp³-hybridized carbons (Fsp3) is 0.357. The second-order valence-corrected chi connectivity index (χ2v) is 5.00. The molecule has 4 N–H and O–H groups in total. The molecule has 0 atom stereocenters. The molecule has 21 heavy (non-hydrogen) atoms. The number of nitrogens with one attached hydrogen (secondary N) is 2. The van der Waals surface area contributed by atoms with Crippen molar-refractivity contribution >= 4 is 22.8 Å². The number of fused-ring (bicyclic) bond motifs is 1. The van der Waals surface area contributed by atoms with Crippen LogP contribution in [0, 0.1) is 0 Å². The Labute approximate surface area is 120 Å². The van der Waals surface area contributed by atoms with Crippen LogP contribution in [0.1, 0.15) is 23.2 Å². The summed E-state index contributed by atoms with van der Waals surface area (Å²) in [6.07, 6.45) is 2.97. The van der Waals surface area contributed by atoms with Crippen LogP contribution in [0.5, 0.6) is 0 Å². The topological polar surface area (TPSA) is 110 Å². The molecule has 1 aliphatic heterocycles. The summed E-state index contributed by atoms with van der Waals surface area (Å²) in [7, 11) is 0. The van der Waals surface area contributed by atoms with Crippen molar-refractivity contribution in [3.63, 3.8) is 0 Å². The highest BCUT2D eigenvalue weighted by Crippen LogP contribution is 2.12. The van der Waals surface area contributed by atoms with Crippen LogP contribution in [0.4, 0.5) is 5.82 Å². The highest BCUT2D eigenvalue weighted by molar-refractivity contribution is 6.01. The molecule has 0 radical (unpaired) electrons. The van der Waals surface area contributed by atoms with Crippen molar-refractivity contribution < 1.29 is 9.53 Å². The number of aromatic amines is 1. The average molecular weight is 288 g/mol. The van der Waals surface area contributed by atoms with Crippen molar-refractivity contribution in [3.05, 3.63) is 34.1 Å². The summed E-state index contributed by atoms with van der Waals surface area (Å²) in [6, 6.07) is 3.39. The van der Waals surface area contributed by atoms with Crippen molar-refractivity contribution in [2.75, 3.05) is 18.9 Å². The van der Waals surface area contributed by atoms with Gasteiger partial charge in [-0.2, -0.15) is 0 Å². The number of hydrogen-bond acceptors (Lipinski definition) is 5. The molecule has 0 bridgehead atoms. The van der Waals surface area contributed by atoms with Crippen molar-refractivity contribution in [1.29, 1.82) is 0 Å². The highest BCUT2D eigenvalue weighted by atomic mass is 16.5. The van der Waals surface area contributed by atoms with Crippen LogP contribution in [0.3, 0.4) is 0 Å². The lowest BCUT2D eigenvalue weighted by atomic mass is 10.1. The molecule has 0 aliphatic carbocycles. The maximum Gasteiger partial charge on any atom is 0.259 e. The molecule has 1 aliphatic rings. The van der Waals surface area contributed by atoms with Crippen LogP contribution in [0.15, 0.2) is 23.1 Å². The zero-order valence-corrected chi connectivity index (χ0v) is 11.4. The summed E-state index contributed by atoms with van der Waals surface area (Å²) in [5, 5.41) is 2.83. The van der Waals surface area contributed by atoms with Crippen molar-refractivity contribution in [2.24, 2.45) is 0 Å². The molecule has 2 aromatic rings. The molecular formula is C14H16N4O3. The quantitative estimate of drug-likeness (QED) is 0.741. The van der Waals surface area contributed by atoms with E-state index in [-0.39, 0.29) is 22.9 Å². The van der Waals surface area contributed by atoms with Gasteiger partial charge in [-0.25, -0.2) is 0 Å². The number of nitrogens with zero attached hydrogens (tertiary/aromatic N) is 1. The molecule has 1 amide bonds. The second kappa shape index (κ2) is 5.53. The Balaban J connectivity index is 1.95. The first-order valence-corrected chi connectivity index (χ1v) is 6.82. The second-order valence-electron chi connectivity index (χ2n) is 5.00. The lowest BCUT2D eigenvalue weighted by Crippen LogP contribution is -2.41. The van der Waals surface area contributed by atoms with Gasteiger partial charge in [-0.3, -0.25) is 14.6 Å². The summed E-state index contributed by atoms with van der Waals surface area (Å²) in [5.41, 5.74) is 6.02. The van der Waals surface area contributed by atoms with Gasteiger partial charge in [0.1, 0.15) is 16.9 Å². The first-order valence-electron chi connectivity index (χ1n) is 6.82. The van der Waals surface area contributed by atoms with E-state index in [4.69, 9.17) is 10.5 Å². The van der Waals surface area contributed by atoms with Crippen molar-refractivity contribution in [1.82, 2.24) is 15.3 Å². The number of carbonyl (C=O) groups excluding carboxylic acids is 1. The predicted octanol–water partition coefficient (Wildman–Crippen LogP) is 0.414. The van der Waals surface area contributed by atoms with Crippen LogP contribution in [-0.4, -0.2) is 35.1 Å². The van der Waals surface area contributed by atoms with Gasteiger partial charge >= 0.3 is 0 Å². The summed E-state index contributed by atoms with van der Waals surface area (Å²) in [6.45, 7) is 1.21. The lowest BCUT2D eigenvalue weighted by Gasteiger charge is -2.23. The third-order valence-electron chi connectivity index (χ3n) is 3.57. The van der Waals surface area contributed by atoms with E-state index in [0.717, 1.165) is 12.8 Å². The predicted molar refractivity (Wildman–Crippen MR) is 78.1 cm³/mol. The standard InChI is InChI=1S/C14H16N4O3/c15-13-10(14(20)17-8-3-6-21-7-4-8)12(19)11-9(18-13)2-1-5-16-11/h1-2,5,8H,3-4,6-7H2,(H,17,20)(H3,15,18,19). The van der Waals surface area contributed by atoms with Crippen LogP contribution in [0.25, 0.3) is 11.0 Å². The molecule has 1 fully saturated rings. The van der Waals surface area contributed by atoms with Crippen molar-refractivity contribution in [3.8, 4) is 0 Å². The molecule has 3 rings (SSSR count). The first-order chi connectivity index (χ1) is 10.2. The molecule has 2 aromatic heterocycles. The van der Waals surface area contributed by atoms with Crippen LogP contribution >= 0.6 is 0 Å². The van der Waals surface area contributed by atoms with Gasteiger partial charge in [-0.15, -0.1) is 0 Å². The number of rotatable bonds is 2. The van der Waals surface area contributed by atoms with Gasteiger partial charge in [0.15, 0.2) is 0 Å². The molecule has 1 saturated heterocycles. The van der Waals surface area contributed by atoms with Gasteiger partial charge in [0.05, 0.1) is 5.52 Å². The number of H-pyrrole nitrogens is 1. The van der Waals surface area contributed by atoms with Gasteiger partial charge in [0.25, 0.3) is 5.91 Å². The van der Waals surface area contributed by atoms with E-state index in [2.05, 4.69) is 15.3 Å². The minimum atomic E-state index is -0.465. The first kappa shape index (κ1) is 13.6. The Morgan fingerprint density at radius 1 is 1.43 bits per heavy atom. The number of nitrogen functional groups attached to an aromatic ring is 1. The van der Waals surface area contributed by atoms with Crippen LogP contribution in [-0.2, 0) is 4.74 Å². The molecule has 0 saturated carbocycles. The van der Waals surface area contributed by atoms with E-state index in [0.29, 0.717) is 18.7 Å². The molecule has 110 valence electrons. The van der Waals surface area contributed by atoms with E-state index < -0.39 is 11.3 Å². The van der Waals surface area contributed by atoms with Crippen LogP contribution < -0.4 is 16.5 Å². The molecule has 3 heterocycles. The molecule has 0 unspecified atom stereocenters. The number of anilines is 1. The largest absolute Gasteiger partial charge is 0.384 e. The summed E-state index contributed by atoms with van der Waals surface area (Å²) in [4.78, 5) is 31.6. The van der Waals surface area contributed by atoms with E-state index >= 15 is 0 Å². The Hall–Kier alpha value is -2.41. The Morgan fingerprint density at radius 3 is 2.95 bits per heavy atom. The molecule has 7 heteroatoms. The van der Waals surface area contributed by atoms with E-state index in [9.17, 15) is 9.59 Å². The fourth-order valence-corrected chi connectivity index (χ4v) is 2.46. The Morgan fingerprint density at radius 2 is 2.19 bits per heavy atom. The molecule has 7 nitrogen and oxygen atoms in total. The van der Waals surface area contributed by atoms with Gasteiger partial charge in [0, 0.05) is 25.5 Å². The maximum atomic E-state index is 12.4. The zero-order valence-electron chi connectivity index (χ0n) is 11.4. The van der Waals surface area contributed by atoms with Gasteiger partial charge in [-0.05, 0) is 25.0 Å². The zero-order chi connectivity index (χ0) is 14.8. The number of amides is 1. The lowest BCUT2D eigenvalue weighted by molar-refractivity contribution is 0.0696. The minimum absolute atomic E-state index is 0.00415. The summed E-state index contributed by atoms with van der Waals surface area (Å²) < 4.78 is 5.24. The summed E-state index contributed by atoms with van der Waals surface area (Å²) in [5.74, 6) is -0.404. The SMILES string of the molecule is Nc1[nH]c2cccnc2c(=O)c1C(=O)NC1CCOCC1. The minimum Gasteiger partial charge on any atom is -0.384 e. The number of hydrogen-bond donors (Lipinski definition) is 3. The van der Waals surface area contributed by atoms with Crippen molar-refractivity contribution in [2.45, 2.75) is 18.9 Å². The number of pyridine rings is 2. The number of ether oxygens (including phenoxy) is 1. The van der Waals surface area contributed by atoms with Gasteiger partial charge in [-0.1, -0.05) is 0 Å². The highest BCUT2D eigenvalue weighted by Gasteiger charge is 2.22. The number of aromatic nitrogens is 2. The molecule has 0 spiro atoms. The molecular weight excluding hydrogens is 272 g/mol. The summed E-state index contributed by atoms with van der Waals surface area (Å²) >= 11 is 0. The average Bonchev–Trinajstić information content (AvgIpc) is 2.48. The van der Waals surface area contributed by atoms with E-state index in [1.807, 2.05) is 0 Å². The smallest absolute Gasteiger partial charge is 0.259 e. The Bertz CT molecular complexity index is 735. The maximum absolute atomic E-state index is 12.4. The normalized spacial score (nSPS) is 16.0. The third-order valence-corrected chi connectivity index (χ3v) is 3.57. The van der Waals surface area contributed by atoms with E-state index in [1.54, 1.807) is 12.1 Å². The monoisotopic (exact) mass is 288 g/mol. The number of nitrogens with two attached hydrogens (primary N) is 1. The number of carbonyl (C=O) groups is 1.